The predicted octanol–water partition coefficient (Wildman–Crippen LogP) is 1.32. The SMILES string of the molecule is Cc1nc(C[C@H]2CCS(=O)(=O)C2)n(-c2ccc3c(c2)OCCO3)n1. The van der Waals surface area contributed by atoms with Crippen molar-refractivity contribution >= 4 is 9.84 Å². The quantitative estimate of drug-likeness (QED) is 0.831. The zero-order chi connectivity index (χ0) is 16.7. The molecule has 0 saturated carbocycles. The van der Waals surface area contributed by atoms with E-state index in [-0.39, 0.29) is 17.4 Å². The zero-order valence-corrected chi connectivity index (χ0v) is 14.3. The lowest BCUT2D eigenvalue weighted by molar-refractivity contribution is 0.171. The predicted molar refractivity (Wildman–Crippen MR) is 87.6 cm³/mol. The average Bonchev–Trinajstić information content (AvgIpc) is 3.09. The second kappa shape index (κ2) is 5.77. The van der Waals surface area contributed by atoms with Gasteiger partial charge in [0, 0.05) is 12.5 Å². The van der Waals surface area contributed by atoms with E-state index in [0.29, 0.717) is 37.6 Å². The number of hydrogen-bond acceptors (Lipinski definition) is 6. The maximum absolute atomic E-state index is 11.7. The highest BCUT2D eigenvalue weighted by molar-refractivity contribution is 7.91. The van der Waals surface area contributed by atoms with Gasteiger partial charge in [-0.3, -0.25) is 0 Å². The van der Waals surface area contributed by atoms with Crippen LogP contribution in [0.5, 0.6) is 11.5 Å². The highest BCUT2D eigenvalue weighted by Gasteiger charge is 2.29. The molecule has 0 spiro atoms. The second-order valence-corrected chi connectivity index (χ2v) is 8.52. The Morgan fingerprint density at radius 1 is 1.25 bits per heavy atom. The molecule has 0 unspecified atom stereocenters. The lowest BCUT2D eigenvalue weighted by Crippen LogP contribution is -2.16. The van der Waals surface area contributed by atoms with E-state index in [2.05, 4.69) is 10.1 Å². The van der Waals surface area contributed by atoms with Gasteiger partial charge in [0.25, 0.3) is 0 Å². The summed E-state index contributed by atoms with van der Waals surface area (Å²) in [6, 6.07) is 5.67. The Morgan fingerprint density at radius 2 is 2.04 bits per heavy atom. The normalized spacial score (nSPS) is 21.8. The van der Waals surface area contributed by atoms with E-state index in [1.54, 1.807) is 4.68 Å². The first-order valence-electron chi connectivity index (χ1n) is 8.03. The molecule has 0 radical (unpaired) electrons. The Bertz CT molecular complexity index is 875. The monoisotopic (exact) mass is 349 g/mol. The molecule has 1 atom stereocenters. The molecule has 1 fully saturated rings. The summed E-state index contributed by atoms with van der Waals surface area (Å²) in [6.07, 6.45) is 1.30. The highest BCUT2D eigenvalue weighted by Crippen LogP contribution is 2.32. The third kappa shape index (κ3) is 2.98. The van der Waals surface area contributed by atoms with Crippen molar-refractivity contribution in [2.45, 2.75) is 19.8 Å². The van der Waals surface area contributed by atoms with Crippen molar-refractivity contribution in [1.82, 2.24) is 14.8 Å². The van der Waals surface area contributed by atoms with Gasteiger partial charge < -0.3 is 9.47 Å². The van der Waals surface area contributed by atoms with E-state index in [9.17, 15) is 8.42 Å². The molecule has 3 heterocycles. The lowest BCUT2D eigenvalue weighted by Gasteiger charge is -2.19. The maximum Gasteiger partial charge on any atom is 0.163 e. The minimum atomic E-state index is -2.89. The summed E-state index contributed by atoms with van der Waals surface area (Å²) in [5.41, 5.74) is 0.843. The van der Waals surface area contributed by atoms with Gasteiger partial charge in [0.05, 0.1) is 17.2 Å². The summed E-state index contributed by atoms with van der Waals surface area (Å²) < 4.78 is 36.3. The summed E-state index contributed by atoms with van der Waals surface area (Å²) in [7, 11) is -2.89. The van der Waals surface area contributed by atoms with Crippen LogP contribution in [0.15, 0.2) is 18.2 Å². The van der Waals surface area contributed by atoms with E-state index in [1.807, 2.05) is 25.1 Å². The molecule has 0 bridgehead atoms. The first kappa shape index (κ1) is 15.4. The van der Waals surface area contributed by atoms with E-state index in [0.717, 1.165) is 17.3 Å². The third-order valence-corrected chi connectivity index (χ3v) is 6.19. The zero-order valence-electron chi connectivity index (χ0n) is 13.4. The molecule has 2 aliphatic heterocycles. The number of benzene rings is 1. The fourth-order valence-corrected chi connectivity index (χ4v) is 5.11. The largest absolute Gasteiger partial charge is 0.486 e. The Hall–Kier alpha value is -2.09. The molecular formula is C16H19N3O4S. The summed E-state index contributed by atoms with van der Waals surface area (Å²) in [4.78, 5) is 4.50. The van der Waals surface area contributed by atoms with Gasteiger partial charge in [-0.05, 0) is 31.4 Å². The number of nitrogens with zero attached hydrogens (tertiary/aromatic N) is 3. The number of rotatable bonds is 3. The smallest absolute Gasteiger partial charge is 0.163 e. The molecule has 7 nitrogen and oxygen atoms in total. The molecule has 0 aliphatic carbocycles. The van der Waals surface area contributed by atoms with Crippen molar-refractivity contribution < 1.29 is 17.9 Å². The Morgan fingerprint density at radius 3 is 2.79 bits per heavy atom. The molecule has 0 amide bonds. The molecule has 1 saturated heterocycles. The van der Waals surface area contributed by atoms with Crippen molar-refractivity contribution in [3.05, 3.63) is 29.8 Å². The molecule has 0 N–H and O–H groups in total. The van der Waals surface area contributed by atoms with Gasteiger partial charge >= 0.3 is 0 Å². The minimum absolute atomic E-state index is 0.106. The molecular weight excluding hydrogens is 330 g/mol. The molecule has 2 aromatic rings. The Kier molecular flexibility index (Phi) is 3.71. The van der Waals surface area contributed by atoms with Crippen molar-refractivity contribution in [2.75, 3.05) is 24.7 Å². The molecule has 1 aromatic carbocycles. The van der Waals surface area contributed by atoms with Crippen LogP contribution in [0.2, 0.25) is 0 Å². The second-order valence-electron chi connectivity index (χ2n) is 6.29. The summed E-state index contributed by atoms with van der Waals surface area (Å²) in [5, 5.41) is 4.47. The van der Waals surface area contributed by atoms with Gasteiger partial charge in [0.15, 0.2) is 21.3 Å². The van der Waals surface area contributed by atoms with Crippen molar-refractivity contribution in [2.24, 2.45) is 5.92 Å². The van der Waals surface area contributed by atoms with Crippen LogP contribution in [0.4, 0.5) is 0 Å². The topological polar surface area (TPSA) is 83.3 Å². The number of fused-ring (bicyclic) bond motifs is 1. The number of aromatic nitrogens is 3. The fraction of sp³-hybridized carbons (Fsp3) is 0.500. The van der Waals surface area contributed by atoms with Crippen LogP contribution in [-0.2, 0) is 16.3 Å². The van der Waals surface area contributed by atoms with Crippen LogP contribution >= 0.6 is 0 Å². The Balaban J connectivity index is 1.64. The van der Waals surface area contributed by atoms with Gasteiger partial charge in [0.1, 0.15) is 24.9 Å². The van der Waals surface area contributed by atoms with E-state index in [1.165, 1.54) is 0 Å². The average molecular weight is 349 g/mol. The summed E-state index contributed by atoms with van der Waals surface area (Å²) in [6.45, 7) is 2.92. The van der Waals surface area contributed by atoms with Gasteiger partial charge in [-0.2, -0.15) is 5.10 Å². The number of ether oxygens (including phenoxy) is 2. The first-order valence-corrected chi connectivity index (χ1v) is 9.85. The van der Waals surface area contributed by atoms with Gasteiger partial charge in [-0.25, -0.2) is 18.1 Å². The molecule has 128 valence electrons. The Labute approximate surface area is 140 Å². The van der Waals surface area contributed by atoms with E-state index >= 15 is 0 Å². The van der Waals surface area contributed by atoms with Crippen LogP contribution < -0.4 is 9.47 Å². The minimum Gasteiger partial charge on any atom is -0.486 e. The van der Waals surface area contributed by atoms with Gasteiger partial charge in [-0.15, -0.1) is 0 Å². The van der Waals surface area contributed by atoms with Crippen LogP contribution in [0, 0.1) is 12.8 Å². The van der Waals surface area contributed by atoms with Crippen molar-refractivity contribution in [3.63, 3.8) is 0 Å². The van der Waals surface area contributed by atoms with E-state index < -0.39 is 9.84 Å². The summed E-state index contributed by atoms with van der Waals surface area (Å²) >= 11 is 0. The standard InChI is InChI=1S/C16H19N3O4S/c1-11-17-16(8-12-4-7-24(20,21)10-12)19(18-11)13-2-3-14-15(9-13)23-6-5-22-14/h2-3,9,12H,4-8,10H2,1H3/t12-/m1/s1. The van der Waals surface area contributed by atoms with Crippen molar-refractivity contribution in [3.8, 4) is 17.2 Å². The summed E-state index contributed by atoms with van der Waals surface area (Å²) in [5.74, 6) is 3.49. The lowest BCUT2D eigenvalue weighted by atomic mass is 10.1. The van der Waals surface area contributed by atoms with Crippen LogP contribution in [0.1, 0.15) is 18.1 Å². The number of hydrogen-bond donors (Lipinski definition) is 0. The van der Waals surface area contributed by atoms with E-state index in [4.69, 9.17) is 9.47 Å². The molecule has 4 rings (SSSR count). The van der Waals surface area contributed by atoms with Gasteiger partial charge in [0.2, 0.25) is 0 Å². The maximum atomic E-state index is 11.7. The number of aryl methyl sites for hydroxylation is 1. The molecule has 8 heteroatoms. The van der Waals surface area contributed by atoms with Crippen LogP contribution in [-0.4, -0.2) is 47.9 Å². The highest BCUT2D eigenvalue weighted by atomic mass is 32.2. The van der Waals surface area contributed by atoms with Crippen molar-refractivity contribution in [1.29, 1.82) is 0 Å². The van der Waals surface area contributed by atoms with Crippen LogP contribution in [0.3, 0.4) is 0 Å². The molecule has 1 aromatic heterocycles. The fourth-order valence-electron chi connectivity index (χ4n) is 3.25. The van der Waals surface area contributed by atoms with Gasteiger partial charge in [-0.1, -0.05) is 0 Å². The molecule has 24 heavy (non-hydrogen) atoms. The molecule has 2 aliphatic rings. The van der Waals surface area contributed by atoms with Crippen LogP contribution in [0.25, 0.3) is 5.69 Å². The number of sulfone groups is 1. The third-order valence-electron chi connectivity index (χ3n) is 4.35. The first-order chi connectivity index (χ1) is 11.5.